The van der Waals surface area contributed by atoms with Gasteiger partial charge in [-0.15, -0.1) is 0 Å². The predicted octanol–water partition coefficient (Wildman–Crippen LogP) is 2.23. The number of hydrogen-bond acceptors (Lipinski definition) is 4. The first kappa shape index (κ1) is 20.5. The first-order valence-corrected chi connectivity index (χ1v) is 8.99. The second kappa shape index (κ2) is 10.3. The minimum Gasteiger partial charge on any atom is -0.494 e. The van der Waals surface area contributed by atoms with Crippen LogP contribution in [0.5, 0.6) is 5.75 Å². The van der Waals surface area contributed by atoms with E-state index in [9.17, 15) is 9.59 Å². The average Bonchev–Trinajstić information content (AvgIpc) is 2.67. The molecule has 27 heavy (non-hydrogen) atoms. The van der Waals surface area contributed by atoms with Crippen LogP contribution in [0.15, 0.2) is 54.6 Å². The number of nitrogens with zero attached hydrogens (tertiary/aromatic N) is 1. The summed E-state index contributed by atoms with van der Waals surface area (Å²) in [6, 6.07) is 16.5. The van der Waals surface area contributed by atoms with Crippen molar-refractivity contribution in [3.8, 4) is 5.75 Å². The molecule has 0 aliphatic heterocycles. The smallest absolute Gasteiger partial charge is 0.251 e. The van der Waals surface area contributed by atoms with Gasteiger partial charge in [0.05, 0.1) is 19.2 Å². The SMILES string of the molecule is CCOc1ccc(C(=O)NCC(=O)N[C@H](CN(C)C)c2ccccc2)cc1. The highest BCUT2D eigenvalue weighted by molar-refractivity contribution is 5.96. The lowest BCUT2D eigenvalue weighted by molar-refractivity contribution is -0.121. The second-order valence-electron chi connectivity index (χ2n) is 6.43. The molecule has 0 radical (unpaired) electrons. The third-order valence-electron chi connectivity index (χ3n) is 3.92. The number of rotatable bonds is 9. The third kappa shape index (κ3) is 6.75. The summed E-state index contributed by atoms with van der Waals surface area (Å²) < 4.78 is 5.36. The Morgan fingerprint density at radius 3 is 2.30 bits per heavy atom. The molecule has 2 rings (SSSR count). The zero-order chi connectivity index (χ0) is 19.6. The van der Waals surface area contributed by atoms with E-state index in [-0.39, 0.29) is 24.4 Å². The maximum absolute atomic E-state index is 12.3. The number of likely N-dealkylation sites (N-methyl/N-ethyl adjacent to an activating group) is 1. The molecule has 144 valence electrons. The molecule has 0 saturated carbocycles. The molecule has 1 atom stereocenters. The summed E-state index contributed by atoms with van der Waals surface area (Å²) >= 11 is 0. The highest BCUT2D eigenvalue weighted by atomic mass is 16.5. The van der Waals surface area contributed by atoms with E-state index >= 15 is 0 Å². The van der Waals surface area contributed by atoms with E-state index in [1.54, 1.807) is 24.3 Å². The van der Waals surface area contributed by atoms with Gasteiger partial charge < -0.3 is 20.3 Å². The molecule has 0 aliphatic rings. The minimum atomic E-state index is -0.294. The van der Waals surface area contributed by atoms with Gasteiger partial charge in [-0.2, -0.15) is 0 Å². The minimum absolute atomic E-state index is 0.0805. The Morgan fingerprint density at radius 1 is 1.04 bits per heavy atom. The Morgan fingerprint density at radius 2 is 1.70 bits per heavy atom. The van der Waals surface area contributed by atoms with Crippen molar-refractivity contribution in [2.24, 2.45) is 0 Å². The summed E-state index contributed by atoms with van der Waals surface area (Å²) in [4.78, 5) is 26.5. The normalized spacial score (nSPS) is 11.7. The standard InChI is InChI=1S/C21H27N3O3/c1-4-27-18-12-10-17(11-13-18)21(26)22-14-20(25)23-19(15-24(2)3)16-8-6-5-7-9-16/h5-13,19H,4,14-15H2,1-3H3,(H,22,26)(H,23,25)/t19-/m1/s1. The van der Waals surface area contributed by atoms with Crippen LogP contribution in [0, 0.1) is 0 Å². The summed E-state index contributed by atoms with van der Waals surface area (Å²) in [5.74, 6) is 0.184. The van der Waals surface area contributed by atoms with Crippen molar-refractivity contribution in [1.29, 1.82) is 0 Å². The van der Waals surface area contributed by atoms with Gasteiger partial charge >= 0.3 is 0 Å². The third-order valence-corrected chi connectivity index (χ3v) is 3.92. The number of ether oxygens (including phenoxy) is 1. The highest BCUT2D eigenvalue weighted by Crippen LogP contribution is 2.13. The van der Waals surface area contributed by atoms with Crippen LogP contribution in [-0.4, -0.2) is 50.5 Å². The fourth-order valence-corrected chi connectivity index (χ4v) is 2.66. The van der Waals surface area contributed by atoms with Gasteiger partial charge in [0.25, 0.3) is 5.91 Å². The van der Waals surface area contributed by atoms with Crippen LogP contribution in [0.2, 0.25) is 0 Å². The number of benzene rings is 2. The molecule has 2 N–H and O–H groups in total. The fourth-order valence-electron chi connectivity index (χ4n) is 2.66. The number of carbonyl (C=O) groups excluding carboxylic acids is 2. The van der Waals surface area contributed by atoms with Crippen LogP contribution in [0.4, 0.5) is 0 Å². The van der Waals surface area contributed by atoms with E-state index in [4.69, 9.17) is 4.74 Å². The summed E-state index contributed by atoms with van der Waals surface area (Å²) in [6.07, 6.45) is 0. The van der Waals surface area contributed by atoms with Crippen molar-refractivity contribution in [2.75, 3.05) is 33.8 Å². The predicted molar refractivity (Wildman–Crippen MR) is 106 cm³/mol. The van der Waals surface area contributed by atoms with Crippen molar-refractivity contribution in [3.05, 3.63) is 65.7 Å². The van der Waals surface area contributed by atoms with E-state index in [2.05, 4.69) is 10.6 Å². The Labute approximate surface area is 160 Å². The topological polar surface area (TPSA) is 70.7 Å². The summed E-state index contributed by atoms with van der Waals surface area (Å²) in [7, 11) is 3.91. The Hall–Kier alpha value is -2.86. The molecule has 2 amide bonds. The first-order valence-electron chi connectivity index (χ1n) is 8.99. The van der Waals surface area contributed by atoms with Gasteiger partial charge in [0, 0.05) is 12.1 Å². The van der Waals surface area contributed by atoms with Crippen LogP contribution < -0.4 is 15.4 Å². The molecule has 0 aromatic heterocycles. The van der Waals surface area contributed by atoms with Gasteiger partial charge in [-0.25, -0.2) is 0 Å². The molecule has 2 aromatic carbocycles. The molecule has 0 saturated heterocycles. The summed E-state index contributed by atoms with van der Waals surface area (Å²) in [5.41, 5.74) is 1.51. The van der Waals surface area contributed by atoms with Crippen LogP contribution >= 0.6 is 0 Å². The molecule has 6 nitrogen and oxygen atoms in total. The van der Waals surface area contributed by atoms with Crippen molar-refractivity contribution >= 4 is 11.8 Å². The largest absolute Gasteiger partial charge is 0.494 e. The van der Waals surface area contributed by atoms with Gasteiger partial charge in [0.1, 0.15) is 5.75 Å². The monoisotopic (exact) mass is 369 g/mol. The number of carbonyl (C=O) groups is 2. The van der Waals surface area contributed by atoms with E-state index in [0.29, 0.717) is 24.5 Å². The van der Waals surface area contributed by atoms with Crippen molar-refractivity contribution in [1.82, 2.24) is 15.5 Å². The maximum Gasteiger partial charge on any atom is 0.251 e. The lowest BCUT2D eigenvalue weighted by Gasteiger charge is -2.23. The van der Waals surface area contributed by atoms with Crippen LogP contribution in [0.1, 0.15) is 28.9 Å². The van der Waals surface area contributed by atoms with Crippen LogP contribution in [-0.2, 0) is 4.79 Å². The Kier molecular flexibility index (Phi) is 7.82. The molecule has 0 spiro atoms. The van der Waals surface area contributed by atoms with E-state index in [0.717, 1.165) is 5.56 Å². The first-order chi connectivity index (χ1) is 13.0. The van der Waals surface area contributed by atoms with E-state index < -0.39 is 0 Å². The van der Waals surface area contributed by atoms with Gasteiger partial charge in [-0.3, -0.25) is 9.59 Å². The summed E-state index contributed by atoms with van der Waals surface area (Å²) in [6.45, 7) is 3.06. The summed E-state index contributed by atoms with van der Waals surface area (Å²) in [5, 5.41) is 5.64. The van der Waals surface area contributed by atoms with Gasteiger partial charge in [-0.05, 0) is 50.8 Å². The van der Waals surface area contributed by atoms with Crippen molar-refractivity contribution < 1.29 is 14.3 Å². The van der Waals surface area contributed by atoms with E-state index in [1.165, 1.54) is 0 Å². The van der Waals surface area contributed by atoms with Gasteiger partial charge in [-0.1, -0.05) is 30.3 Å². The molecule has 2 aromatic rings. The second-order valence-corrected chi connectivity index (χ2v) is 6.43. The zero-order valence-corrected chi connectivity index (χ0v) is 16.1. The molecule has 6 heteroatoms. The van der Waals surface area contributed by atoms with Crippen LogP contribution in [0.25, 0.3) is 0 Å². The Bertz CT molecular complexity index is 730. The quantitative estimate of drug-likeness (QED) is 0.711. The van der Waals surface area contributed by atoms with Gasteiger partial charge in [0.15, 0.2) is 0 Å². The number of nitrogens with one attached hydrogen (secondary N) is 2. The molecule has 0 heterocycles. The van der Waals surface area contributed by atoms with Crippen molar-refractivity contribution in [3.63, 3.8) is 0 Å². The zero-order valence-electron chi connectivity index (χ0n) is 16.1. The lowest BCUT2D eigenvalue weighted by Crippen LogP contribution is -2.41. The molecule has 0 bridgehead atoms. The van der Waals surface area contributed by atoms with Gasteiger partial charge in [0.2, 0.25) is 5.91 Å². The Balaban J connectivity index is 1.90. The van der Waals surface area contributed by atoms with Crippen LogP contribution in [0.3, 0.4) is 0 Å². The molecule has 0 unspecified atom stereocenters. The molecule has 0 aliphatic carbocycles. The maximum atomic E-state index is 12.3. The highest BCUT2D eigenvalue weighted by Gasteiger charge is 2.16. The molecular formula is C21H27N3O3. The number of amides is 2. The van der Waals surface area contributed by atoms with Crippen molar-refractivity contribution in [2.45, 2.75) is 13.0 Å². The average molecular weight is 369 g/mol. The fraction of sp³-hybridized carbons (Fsp3) is 0.333. The molecular weight excluding hydrogens is 342 g/mol. The lowest BCUT2D eigenvalue weighted by atomic mass is 10.1. The number of hydrogen-bond donors (Lipinski definition) is 2. The van der Waals surface area contributed by atoms with E-state index in [1.807, 2.05) is 56.3 Å². The molecule has 0 fully saturated rings.